The van der Waals surface area contributed by atoms with Gasteiger partial charge in [-0.3, -0.25) is 0 Å². The highest BCUT2D eigenvalue weighted by atomic mass is 127. The van der Waals surface area contributed by atoms with Crippen molar-refractivity contribution in [1.29, 1.82) is 0 Å². The lowest BCUT2D eigenvalue weighted by molar-refractivity contribution is 0.472. The predicted octanol–water partition coefficient (Wildman–Crippen LogP) is 4.30. The van der Waals surface area contributed by atoms with E-state index >= 15 is 0 Å². The topological polar surface area (TPSA) is 50.7 Å². The summed E-state index contributed by atoms with van der Waals surface area (Å²) in [6.07, 6.45) is 5.19. The average molecular weight is 455 g/mol. The van der Waals surface area contributed by atoms with Crippen molar-refractivity contribution < 1.29 is 0 Å². The second kappa shape index (κ2) is 5.48. The molecule has 2 N–H and O–H groups in total. The highest BCUT2D eigenvalue weighted by Gasteiger charge is 2.29. The van der Waals surface area contributed by atoms with E-state index in [1.54, 1.807) is 0 Å². The van der Waals surface area contributed by atoms with Crippen molar-refractivity contribution in [2.75, 3.05) is 0 Å². The Morgan fingerprint density at radius 1 is 1.35 bits per heavy atom. The van der Waals surface area contributed by atoms with E-state index in [1.807, 2.05) is 0 Å². The van der Waals surface area contributed by atoms with Crippen LogP contribution in [0.25, 0.3) is 0 Å². The summed E-state index contributed by atoms with van der Waals surface area (Å²) >= 11 is 4.79. The van der Waals surface area contributed by atoms with Crippen molar-refractivity contribution >= 4 is 45.2 Å². The molecular formula is C12H15I2N3. The lowest BCUT2D eigenvalue weighted by atomic mass is 9.88. The molecule has 2 aliphatic rings. The van der Waals surface area contributed by atoms with E-state index in [4.69, 9.17) is 5.73 Å². The molecule has 0 fully saturated rings. The Bertz CT molecular complexity index is 449. The van der Waals surface area contributed by atoms with Crippen LogP contribution in [-0.4, -0.2) is 6.17 Å². The Morgan fingerprint density at radius 2 is 2.06 bits per heavy atom. The molecule has 2 rings (SSSR count). The van der Waals surface area contributed by atoms with E-state index in [2.05, 4.69) is 81.4 Å². The molecule has 0 aromatic rings. The van der Waals surface area contributed by atoms with Gasteiger partial charge in [-0.15, -0.1) is 0 Å². The van der Waals surface area contributed by atoms with Gasteiger partial charge in [0.05, 0.1) is 5.70 Å². The number of nitrogens with two attached hydrogens (primary N) is 1. The van der Waals surface area contributed by atoms with Crippen LogP contribution in [0.15, 0.2) is 40.8 Å². The first-order valence-corrected chi connectivity index (χ1v) is 7.75. The van der Waals surface area contributed by atoms with E-state index in [0.29, 0.717) is 5.92 Å². The number of allylic oxidation sites excluding steroid dienone is 4. The summed E-state index contributed by atoms with van der Waals surface area (Å²) in [6.45, 7) is 4.26. The van der Waals surface area contributed by atoms with E-state index < -0.39 is 0 Å². The third-order valence-corrected chi connectivity index (χ3v) is 5.29. The van der Waals surface area contributed by atoms with Crippen molar-refractivity contribution in [3.05, 3.63) is 30.6 Å². The van der Waals surface area contributed by atoms with E-state index in [0.717, 1.165) is 12.1 Å². The maximum Gasteiger partial charge on any atom is 0.125 e. The monoisotopic (exact) mass is 455 g/mol. The van der Waals surface area contributed by atoms with Crippen LogP contribution in [0.1, 0.15) is 20.3 Å². The molecule has 0 aromatic carbocycles. The van der Waals surface area contributed by atoms with Crippen LogP contribution in [0.4, 0.5) is 0 Å². The molecule has 0 saturated heterocycles. The van der Waals surface area contributed by atoms with Gasteiger partial charge in [0, 0.05) is 15.4 Å². The zero-order valence-corrected chi connectivity index (χ0v) is 14.1. The van der Waals surface area contributed by atoms with Crippen LogP contribution in [0.2, 0.25) is 0 Å². The lowest BCUT2D eigenvalue weighted by Gasteiger charge is -2.28. The van der Waals surface area contributed by atoms with Crippen LogP contribution in [0, 0.1) is 11.8 Å². The molecule has 1 aliphatic heterocycles. The smallest absolute Gasteiger partial charge is 0.125 e. The molecule has 1 heterocycles. The van der Waals surface area contributed by atoms with Gasteiger partial charge in [-0.1, -0.05) is 19.1 Å². The van der Waals surface area contributed by atoms with E-state index in [1.165, 1.54) is 12.7 Å². The van der Waals surface area contributed by atoms with Gasteiger partial charge in [0.25, 0.3) is 0 Å². The van der Waals surface area contributed by atoms with Crippen molar-refractivity contribution in [1.82, 2.24) is 0 Å². The quantitative estimate of drug-likeness (QED) is 0.590. The van der Waals surface area contributed by atoms with Crippen LogP contribution < -0.4 is 5.73 Å². The second-order valence-corrected chi connectivity index (χ2v) is 7.12. The van der Waals surface area contributed by atoms with Crippen LogP contribution in [0.3, 0.4) is 0 Å². The van der Waals surface area contributed by atoms with Crippen molar-refractivity contribution in [2.45, 2.75) is 26.4 Å². The molecule has 0 amide bonds. The molecule has 0 aromatic heterocycles. The predicted molar refractivity (Wildman–Crippen MR) is 87.0 cm³/mol. The Hall–Kier alpha value is 0.240. The fraction of sp³-hybridized carbons (Fsp3) is 0.500. The molecule has 17 heavy (non-hydrogen) atoms. The van der Waals surface area contributed by atoms with Gasteiger partial charge >= 0.3 is 0 Å². The highest BCUT2D eigenvalue weighted by Crippen LogP contribution is 2.41. The Kier molecular flexibility index (Phi) is 4.40. The fourth-order valence-corrected chi connectivity index (χ4v) is 3.33. The number of hydrogen-bond acceptors (Lipinski definition) is 3. The zero-order valence-electron chi connectivity index (χ0n) is 9.82. The largest absolute Gasteiger partial charge is 0.308 e. The van der Waals surface area contributed by atoms with Crippen LogP contribution >= 0.6 is 45.2 Å². The first-order valence-electron chi connectivity index (χ1n) is 5.59. The molecule has 0 bridgehead atoms. The summed E-state index contributed by atoms with van der Waals surface area (Å²) < 4.78 is 2.70. The van der Waals surface area contributed by atoms with Crippen molar-refractivity contribution in [2.24, 2.45) is 27.8 Å². The maximum absolute atomic E-state index is 5.90. The Balaban J connectivity index is 2.33. The Labute approximate surface area is 129 Å². The average Bonchev–Trinajstić information content (AvgIpc) is 2.30. The molecule has 1 aliphatic carbocycles. The Morgan fingerprint density at radius 3 is 2.76 bits per heavy atom. The molecule has 0 spiro atoms. The molecule has 3 unspecified atom stereocenters. The third kappa shape index (κ3) is 2.81. The SMILES string of the molecule is CC1=C(C2CC(I)=CC=C2I)N=NC(N)C1C. The summed E-state index contributed by atoms with van der Waals surface area (Å²) in [4.78, 5) is 0. The second-order valence-electron chi connectivity index (χ2n) is 4.48. The summed E-state index contributed by atoms with van der Waals surface area (Å²) in [5, 5.41) is 8.52. The van der Waals surface area contributed by atoms with Crippen LogP contribution in [-0.2, 0) is 0 Å². The zero-order chi connectivity index (χ0) is 12.6. The van der Waals surface area contributed by atoms with Crippen LogP contribution in [0.5, 0.6) is 0 Å². The van der Waals surface area contributed by atoms with Gasteiger partial charge in [0.1, 0.15) is 6.17 Å². The van der Waals surface area contributed by atoms with Gasteiger partial charge in [0.2, 0.25) is 0 Å². The first-order chi connectivity index (χ1) is 8.00. The minimum atomic E-state index is -0.182. The van der Waals surface area contributed by atoms with Gasteiger partial charge in [-0.05, 0) is 67.7 Å². The number of nitrogens with zero attached hydrogens (tertiary/aromatic N) is 2. The van der Waals surface area contributed by atoms with Gasteiger partial charge in [-0.25, -0.2) is 0 Å². The van der Waals surface area contributed by atoms with Crippen molar-refractivity contribution in [3.8, 4) is 0 Å². The molecule has 3 atom stereocenters. The van der Waals surface area contributed by atoms with Gasteiger partial charge in [-0.2, -0.15) is 10.2 Å². The lowest BCUT2D eigenvalue weighted by Crippen LogP contribution is -2.30. The third-order valence-electron chi connectivity index (χ3n) is 3.38. The number of halogens is 2. The standard InChI is InChI=1S/C12H15I2N3/c1-6-7(2)12(15)17-16-11(6)9-5-8(13)3-4-10(9)14/h3-4,7,9,12H,5,15H2,1-2H3. The maximum atomic E-state index is 5.90. The first kappa shape index (κ1) is 13.7. The minimum absolute atomic E-state index is 0.182. The fourth-order valence-electron chi connectivity index (χ4n) is 2.02. The summed E-state index contributed by atoms with van der Waals surface area (Å²) in [7, 11) is 0. The summed E-state index contributed by atoms with van der Waals surface area (Å²) in [5.41, 5.74) is 8.29. The molecule has 92 valence electrons. The molecule has 5 heteroatoms. The molecule has 0 radical (unpaired) electrons. The molecule has 3 nitrogen and oxygen atoms in total. The highest BCUT2D eigenvalue weighted by molar-refractivity contribution is 14.1. The number of rotatable bonds is 1. The summed E-state index contributed by atoms with van der Waals surface area (Å²) in [5.74, 6) is 0.654. The summed E-state index contributed by atoms with van der Waals surface area (Å²) in [6, 6.07) is 0. The number of azo groups is 1. The minimum Gasteiger partial charge on any atom is -0.308 e. The normalized spacial score (nSPS) is 33.6. The van der Waals surface area contributed by atoms with Crippen molar-refractivity contribution in [3.63, 3.8) is 0 Å². The molecular weight excluding hydrogens is 440 g/mol. The van der Waals surface area contributed by atoms with E-state index in [9.17, 15) is 0 Å². The molecule has 0 saturated carbocycles. The number of hydrogen-bond donors (Lipinski definition) is 1. The van der Waals surface area contributed by atoms with Gasteiger partial charge in [0.15, 0.2) is 0 Å². The van der Waals surface area contributed by atoms with E-state index in [-0.39, 0.29) is 12.1 Å². The van der Waals surface area contributed by atoms with Gasteiger partial charge < -0.3 is 5.73 Å².